The summed E-state index contributed by atoms with van der Waals surface area (Å²) in [5.74, 6) is 0.819. The van der Waals surface area contributed by atoms with Crippen LogP contribution in [-0.2, 0) is 0 Å². The van der Waals surface area contributed by atoms with Crippen LogP contribution >= 0.6 is 11.6 Å². The maximum absolute atomic E-state index is 5.80. The van der Waals surface area contributed by atoms with Crippen LogP contribution < -0.4 is 0 Å². The molecule has 2 aromatic rings. The van der Waals surface area contributed by atoms with E-state index < -0.39 is 0 Å². The maximum Gasteiger partial charge on any atom is 0.170 e. The summed E-state index contributed by atoms with van der Waals surface area (Å²) in [7, 11) is 0. The monoisotopic (exact) mass is 207 g/mol. The van der Waals surface area contributed by atoms with Crippen LogP contribution in [0.25, 0.3) is 11.3 Å². The van der Waals surface area contributed by atoms with E-state index in [2.05, 4.69) is 5.16 Å². The van der Waals surface area contributed by atoms with Gasteiger partial charge in [0, 0.05) is 16.1 Å². The normalized spacial score (nSPS) is 10.5. The Kier molecular flexibility index (Phi) is 2.30. The van der Waals surface area contributed by atoms with E-state index in [0.717, 1.165) is 27.6 Å². The van der Waals surface area contributed by atoms with E-state index >= 15 is 0 Å². The topological polar surface area (TPSA) is 26.0 Å². The van der Waals surface area contributed by atoms with Crippen LogP contribution in [0.15, 0.2) is 28.8 Å². The number of halogens is 1. The summed E-state index contributed by atoms with van der Waals surface area (Å²) in [6.07, 6.45) is 0. The summed E-state index contributed by atoms with van der Waals surface area (Å²) in [5.41, 5.74) is 3.01. The molecule has 0 aliphatic heterocycles. The fourth-order valence-corrected chi connectivity index (χ4v) is 1.41. The first-order valence-corrected chi connectivity index (χ1v) is 4.75. The van der Waals surface area contributed by atoms with Gasteiger partial charge in [0.1, 0.15) is 0 Å². The number of benzene rings is 1. The third kappa shape index (κ3) is 1.53. The lowest BCUT2D eigenvalue weighted by atomic mass is 10.1. The zero-order chi connectivity index (χ0) is 10.1. The number of hydrogen-bond acceptors (Lipinski definition) is 2. The molecule has 0 atom stereocenters. The third-order valence-corrected chi connectivity index (χ3v) is 2.52. The van der Waals surface area contributed by atoms with Gasteiger partial charge in [0.05, 0.1) is 5.69 Å². The molecule has 0 unspecified atom stereocenters. The van der Waals surface area contributed by atoms with Crippen molar-refractivity contribution < 1.29 is 4.52 Å². The molecular formula is C11H10ClNO. The molecule has 0 bridgehead atoms. The van der Waals surface area contributed by atoms with Crippen LogP contribution in [0.1, 0.15) is 11.3 Å². The van der Waals surface area contributed by atoms with E-state index in [1.807, 2.05) is 38.1 Å². The van der Waals surface area contributed by atoms with Crippen LogP contribution in [0, 0.1) is 13.8 Å². The lowest BCUT2D eigenvalue weighted by Gasteiger charge is -1.97. The third-order valence-electron chi connectivity index (χ3n) is 2.26. The molecule has 2 nitrogen and oxygen atoms in total. The summed E-state index contributed by atoms with van der Waals surface area (Å²) in [6, 6.07) is 7.53. The number of aromatic nitrogens is 1. The first kappa shape index (κ1) is 9.28. The molecule has 0 saturated carbocycles. The van der Waals surface area contributed by atoms with Crippen molar-refractivity contribution in [1.82, 2.24) is 5.16 Å². The van der Waals surface area contributed by atoms with Crippen molar-refractivity contribution >= 4 is 11.6 Å². The average Bonchev–Trinajstić information content (AvgIpc) is 2.50. The zero-order valence-electron chi connectivity index (χ0n) is 8.04. The summed E-state index contributed by atoms with van der Waals surface area (Å²) in [4.78, 5) is 0. The van der Waals surface area contributed by atoms with Crippen molar-refractivity contribution in [2.24, 2.45) is 0 Å². The molecule has 3 heteroatoms. The van der Waals surface area contributed by atoms with Crippen molar-refractivity contribution in [2.45, 2.75) is 13.8 Å². The molecule has 0 aliphatic carbocycles. The smallest absolute Gasteiger partial charge is 0.170 e. The van der Waals surface area contributed by atoms with Crippen LogP contribution in [0.4, 0.5) is 0 Å². The standard InChI is InChI=1S/C11H10ClNO/c1-7-8(2)13-14-11(7)9-3-5-10(12)6-4-9/h3-6H,1-2H3. The lowest BCUT2D eigenvalue weighted by molar-refractivity contribution is 0.427. The molecule has 14 heavy (non-hydrogen) atoms. The Balaban J connectivity index is 2.49. The highest BCUT2D eigenvalue weighted by molar-refractivity contribution is 6.30. The van der Waals surface area contributed by atoms with E-state index in [9.17, 15) is 0 Å². The Morgan fingerprint density at radius 2 is 1.79 bits per heavy atom. The van der Waals surface area contributed by atoms with E-state index in [1.165, 1.54) is 0 Å². The van der Waals surface area contributed by atoms with Gasteiger partial charge in [0.15, 0.2) is 5.76 Å². The summed E-state index contributed by atoms with van der Waals surface area (Å²) in [6.45, 7) is 3.92. The van der Waals surface area contributed by atoms with Crippen molar-refractivity contribution in [1.29, 1.82) is 0 Å². The van der Waals surface area contributed by atoms with E-state index in [-0.39, 0.29) is 0 Å². The minimum absolute atomic E-state index is 0.725. The highest BCUT2D eigenvalue weighted by Gasteiger charge is 2.09. The van der Waals surface area contributed by atoms with Crippen LogP contribution in [-0.4, -0.2) is 5.16 Å². The van der Waals surface area contributed by atoms with E-state index in [1.54, 1.807) is 0 Å². The first-order valence-electron chi connectivity index (χ1n) is 4.37. The van der Waals surface area contributed by atoms with Crippen LogP contribution in [0.3, 0.4) is 0 Å². The number of hydrogen-bond donors (Lipinski definition) is 0. The van der Waals surface area contributed by atoms with Gasteiger partial charge < -0.3 is 4.52 Å². The Labute approximate surface area is 87.5 Å². The summed E-state index contributed by atoms with van der Waals surface area (Å²) < 4.78 is 5.23. The van der Waals surface area contributed by atoms with Crippen molar-refractivity contribution in [2.75, 3.05) is 0 Å². The Morgan fingerprint density at radius 3 is 2.29 bits per heavy atom. The first-order chi connectivity index (χ1) is 6.68. The Bertz CT molecular complexity index is 445. The van der Waals surface area contributed by atoms with Gasteiger partial charge in [-0.2, -0.15) is 0 Å². The molecule has 72 valence electrons. The highest BCUT2D eigenvalue weighted by Crippen LogP contribution is 2.26. The summed E-state index contributed by atoms with van der Waals surface area (Å²) >= 11 is 5.80. The fourth-order valence-electron chi connectivity index (χ4n) is 1.29. The van der Waals surface area contributed by atoms with Crippen molar-refractivity contribution in [3.8, 4) is 11.3 Å². The molecular weight excluding hydrogens is 198 g/mol. The van der Waals surface area contributed by atoms with Gasteiger partial charge in [-0.05, 0) is 38.1 Å². The predicted octanol–water partition coefficient (Wildman–Crippen LogP) is 3.61. The van der Waals surface area contributed by atoms with Gasteiger partial charge >= 0.3 is 0 Å². The largest absolute Gasteiger partial charge is 0.356 e. The second kappa shape index (κ2) is 3.46. The average molecular weight is 208 g/mol. The zero-order valence-corrected chi connectivity index (χ0v) is 8.80. The quantitative estimate of drug-likeness (QED) is 0.714. The molecule has 0 aliphatic rings. The van der Waals surface area contributed by atoms with Crippen molar-refractivity contribution in [3.63, 3.8) is 0 Å². The second-order valence-electron chi connectivity index (χ2n) is 3.23. The van der Waals surface area contributed by atoms with Gasteiger partial charge in [-0.25, -0.2) is 0 Å². The van der Waals surface area contributed by atoms with Gasteiger partial charge in [0.2, 0.25) is 0 Å². The second-order valence-corrected chi connectivity index (χ2v) is 3.67. The van der Waals surface area contributed by atoms with Crippen LogP contribution in [0.2, 0.25) is 5.02 Å². The van der Waals surface area contributed by atoms with Crippen LogP contribution in [0.5, 0.6) is 0 Å². The molecule has 1 aromatic carbocycles. The van der Waals surface area contributed by atoms with Gasteiger partial charge in [-0.15, -0.1) is 0 Å². The Morgan fingerprint density at radius 1 is 1.14 bits per heavy atom. The molecule has 0 spiro atoms. The number of aryl methyl sites for hydroxylation is 1. The minimum Gasteiger partial charge on any atom is -0.356 e. The molecule has 0 amide bonds. The summed E-state index contributed by atoms with van der Waals surface area (Å²) in [5, 5.41) is 4.63. The van der Waals surface area contributed by atoms with E-state index in [0.29, 0.717) is 0 Å². The molecule has 0 saturated heterocycles. The number of nitrogens with zero attached hydrogens (tertiary/aromatic N) is 1. The predicted molar refractivity (Wildman–Crippen MR) is 56.4 cm³/mol. The molecule has 0 fully saturated rings. The molecule has 2 rings (SSSR count). The van der Waals surface area contributed by atoms with E-state index in [4.69, 9.17) is 16.1 Å². The van der Waals surface area contributed by atoms with Gasteiger partial charge in [0.25, 0.3) is 0 Å². The molecule has 0 radical (unpaired) electrons. The molecule has 1 heterocycles. The molecule has 1 aromatic heterocycles. The fraction of sp³-hybridized carbons (Fsp3) is 0.182. The minimum atomic E-state index is 0.725. The van der Waals surface area contributed by atoms with Gasteiger partial charge in [-0.3, -0.25) is 0 Å². The lowest BCUT2D eigenvalue weighted by Crippen LogP contribution is -1.78. The molecule has 0 N–H and O–H groups in total. The number of rotatable bonds is 1. The highest BCUT2D eigenvalue weighted by atomic mass is 35.5. The van der Waals surface area contributed by atoms with Gasteiger partial charge in [-0.1, -0.05) is 16.8 Å². The Hall–Kier alpha value is -1.28. The van der Waals surface area contributed by atoms with Crippen molar-refractivity contribution in [3.05, 3.63) is 40.5 Å². The maximum atomic E-state index is 5.80. The SMILES string of the molecule is Cc1noc(-c2ccc(Cl)cc2)c1C.